The van der Waals surface area contributed by atoms with Crippen molar-refractivity contribution in [3.63, 3.8) is 0 Å². The number of amides is 3. The van der Waals surface area contributed by atoms with Gasteiger partial charge < -0.3 is 19.4 Å². The molecule has 0 unspecified atom stereocenters. The van der Waals surface area contributed by atoms with Gasteiger partial charge in [0.1, 0.15) is 0 Å². The molecule has 2 N–H and O–H groups in total. The van der Waals surface area contributed by atoms with Gasteiger partial charge in [-0.2, -0.15) is 0 Å². The van der Waals surface area contributed by atoms with E-state index < -0.39 is 0 Å². The number of pyridine rings is 1. The number of aryl methyl sites for hydroxylation is 1. The van der Waals surface area contributed by atoms with Crippen molar-refractivity contribution < 1.29 is 9.59 Å². The van der Waals surface area contributed by atoms with Gasteiger partial charge >= 0.3 is 6.03 Å². The number of aromatic nitrogens is 5. The number of urea groups is 1. The van der Waals surface area contributed by atoms with Crippen LogP contribution in [0.1, 0.15) is 34.9 Å². The van der Waals surface area contributed by atoms with Gasteiger partial charge in [0, 0.05) is 74.3 Å². The Kier molecular flexibility index (Phi) is 5.90. The minimum atomic E-state index is -0.367. The largest absolute Gasteiger partial charge is 0.350 e. The highest BCUT2D eigenvalue weighted by molar-refractivity contribution is 7.10. The first-order valence-corrected chi connectivity index (χ1v) is 11.7. The SMILES string of the molecule is O=C(NCCCn1ccnc1)c1nnsc1NC(=O)N1C[C@H]2C[C@H](C1)c1cccc(=O)n1C2. The highest BCUT2D eigenvalue weighted by Gasteiger charge is 2.36. The molecule has 3 aromatic rings. The molecule has 2 bridgehead atoms. The molecule has 3 aromatic heterocycles. The Morgan fingerprint density at radius 3 is 2.97 bits per heavy atom. The summed E-state index contributed by atoms with van der Waals surface area (Å²) in [6.07, 6.45) is 7.00. The van der Waals surface area contributed by atoms with E-state index >= 15 is 0 Å². The van der Waals surface area contributed by atoms with E-state index in [2.05, 4.69) is 25.2 Å². The Labute approximate surface area is 193 Å². The molecule has 0 radical (unpaired) electrons. The van der Waals surface area contributed by atoms with E-state index in [1.807, 2.05) is 21.4 Å². The van der Waals surface area contributed by atoms with Crippen LogP contribution in [0.25, 0.3) is 0 Å². The highest BCUT2D eigenvalue weighted by Crippen LogP contribution is 2.35. The van der Waals surface area contributed by atoms with Crippen LogP contribution in [0, 0.1) is 5.92 Å². The molecule has 2 aliphatic heterocycles. The summed E-state index contributed by atoms with van der Waals surface area (Å²) in [6, 6.07) is 5.04. The Hall–Kier alpha value is -3.54. The van der Waals surface area contributed by atoms with E-state index in [4.69, 9.17) is 0 Å². The van der Waals surface area contributed by atoms with E-state index in [9.17, 15) is 14.4 Å². The zero-order chi connectivity index (χ0) is 22.8. The smallest absolute Gasteiger partial charge is 0.322 e. The number of nitrogens with zero attached hydrogens (tertiary/aromatic N) is 6. The number of imidazole rings is 1. The zero-order valence-corrected chi connectivity index (χ0v) is 18.7. The third-order valence-electron chi connectivity index (χ3n) is 6.13. The quantitative estimate of drug-likeness (QED) is 0.526. The third kappa shape index (κ3) is 4.51. The molecule has 1 saturated heterocycles. The molecule has 0 aromatic carbocycles. The summed E-state index contributed by atoms with van der Waals surface area (Å²) in [5, 5.41) is 9.88. The first-order chi connectivity index (χ1) is 16.1. The Morgan fingerprint density at radius 1 is 1.21 bits per heavy atom. The molecule has 3 amide bonds. The second-order valence-corrected chi connectivity index (χ2v) is 9.15. The summed E-state index contributed by atoms with van der Waals surface area (Å²) in [7, 11) is 0. The number of carbonyl (C=O) groups excluding carboxylic acids is 2. The van der Waals surface area contributed by atoms with Crippen LogP contribution in [0.2, 0.25) is 0 Å². The number of fused-ring (bicyclic) bond motifs is 4. The van der Waals surface area contributed by atoms with Crippen LogP contribution < -0.4 is 16.2 Å². The highest BCUT2D eigenvalue weighted by atomic mass is 32.1. The molecule has 12 heteroatoms. The van der Waals surface area contributed by atoms with Crippen LogP contribution in [-0.2, 0) is 13.1 Å². The van der Waals surface area contributed by atoms with Crippen LogP contribution in [0.15, 0.2) is 41.7 Å². The Bertz CT molecular complexity index is 1200. The lowest BCUT2D eigenvalue weighted by Crippen LogP contribution is -2.50. The Morgan fingerprint density at radius 2 is 2.12 bits per heavy atom. The second kappa shape index (κ2) is 9.14. The van der Waals surface area contributed by atoms with E-state index in [0.717, 1.165) is 36.6 Å². The maximum atomic E-state index is 13.0. The minimum Gasteiger partial charge on any atom is -0.350 e. The molecule has 2 atom stereocenters. The maximum Gasteiger partial charge on any atom is 0.322 e. The number of likely N-dealkylation sites (tertiary alicyclic amines) is 1. The standard InChI is InChI=1S/C21H24N8O3S/c30-17-4-1-3-16-15-9-14(11-29(16)17)10-28(12-15)21(32)24-20-18(25-26-33-20)19(31)23-5-2-7-27-8-6-22-13-27/h1,3-4,6,8,13-15H,2,5,7,9-12H2,(H,23,31)(H,24,32)/t14-,15-/m1/s1. The molecule has 0 saturated carbocycles. The van der Waals surface area contributed by atoms with Crippen molar-refractivity contribution in [1.82, 2.24) is 33.9 Å². The predicted molar refractivity (Wildman–Crippen MR) is 121 cm³/mol. The van der Waals surface area contributed by atoms with E-state index in [1.54, 1.807) is 29.6 Å². The van der Waals surface area contributed by atoms with Crippen LogP contribution >= 0.6 is 11.5 Å². The molecule has 172 valence electrons. The van der Waals surface area contributed by atoms with Gasteiger partial charge in [-0.1, -0.05) is 10.6 Å². The number of carbonyl (C=O) groups is 2. The molecule has 0 spiro atoms. The van der Waals surface area contributed by atoms with Crippen molar-refractivity contribution in [3.05, 3.63) is 58.7 Å². The summed E-state index contributed by atoms with van der Waals surface area (Å²) < 4.78 is 7.62. The molecule has 0 aliphatic carbocycles. The van der Waals surface area contributed by atoms with Crippen LogP contribution in [0.5, 0.6) is 0 Å². The molecule has 1 fully saturated rings. The number of piperidine rings is 1. The molecular formula is C21H24N8O3S. The molecule has 5 heterocycles. The molecule has 33 heavy (non-hydrogen) atoms. The molecule has 5 rings (SSSR count). The van der Waals surface area contributed by atoms with Crippen molar-refractivity contribution >= 4 is 28.5 Å². The van der Waals surface area contributed by atoms with Crippen molar-refractivity contribution in [1.29, 1.82) is 0 Å². The van der Waals surface area contributed by atoms with E-state index in [1.165, 1.54) is 0 Å². The van der Waals surface area contributed by atoms with Crippen molar-refractivity contribution in [2.75, 3.05) is 25.0 Å². The van der Waals surface area contributed by atoms with Gasteiger partial charge in [-0.3, -0.25) is 14.9 Å². The topological polar surface area (TPSA) is 127 Å². The summed E-state index contributed by atoms with van der Waals surface area (Å²) in [6.45, 7) is 2.91. The summed E-state index contributed by atoms with van der Waals surface area (Å²) in [4.78, 5) is 43.5. The van der Waals surface area contributed by atoms with Crippen LogP contribution in [0.4, 0.5) is 9.80 Å². The summed E-state index contributed by atoms with van der Waals surface area (Å²) >= 11 is 0.981. The molecule has 11 nitrogen and oxygen atoms in total. The van der Waals surface area contributed by atoms with Gasteiger partial charge in [0.25, 0.3) is 11.5 Å². The summed E-state index contributed by atoms with van der Waals surface area (Å²) in [5.74, 6) is -0.0246. The minimum absolute atomic E-state index is 0.0107. The van der Waals surface area contributed by atoms with Gasteiger partial charge in [0.15, 0.2) is 10.7 Å². The zero-order valence-electron chi connectivity index (χ0n) is 17.9. The number of hydrogen-bond acceptors (Lipinski definition) is 7. The first kappa shape index (κ1) is 21.3. The fraction of sp³-hybridized carbons (Fsp3) is 0.429. The predicted octanol–water partition coefficient (Wildman–Crippen LogP) is 1.37. The first-order valence-electron chi connectivity index (χ1n) is 10.9. The van der Waals surface area contributed by atoms with Gasteiger partial charge in [0.05, 0.1) is 6.33 Å². The lowest BCUT2D eigenvalue weighted by atomic mass is 9.83. The normalized spacial score (nSPS) is 19.1. The van der Waals surface area contributed by atoms with Crippen molar-refractivity contribution in [2.24, 2.45) is 5.92 Å². The van der Waals surface area contributed by atoms with Gasteiger partial charge in [-0.05, 0) is 24.8 Å². The average molecular weight is 469 g/mol. The lowest BCUT2D eigenvalue weighted by Gasteiger charge is -2.42. The van der Waals surface area contributed by atoms with Crippen molar-refractivity contribution in [2.45, 2.75) is 31.8 Å². The number of nitrogens with one attached hydrogen (secondary N) is 2. The van der Waals surface area contributed by atoms with Gasteiger partial charge in [-0.15, -0.1) is 5.10 Å². The average Bonchev–Trinajstić information content (AvgIpc) is 3.49. The summed E-state index contributed by atoms with van der Waals surface area (Å²) in [5.41, 5.74) is 1.10. The van der Waals surface area contributed by atoms with Crippen molar-refractivity contribution in [3.8, 4) is 0 Å². The number of hydrogen-bond donors (Lipinski definition) is 2. The third-order valence-corrected chi connectivity index (χ3v) is 6.77. The number of anilines is 1. The Balaban J connectivity index is 1.19. The lowest BCUT2D eigenvalue weighted by molar-refractivity contribution is 0.0948. The second-order valence-electron chi connectivity index (χ2n) is 8.39. The number of rotatable bonds is 6. The van der Waals surface area contributed by atoms with Crippen LogP contribution in [0.3, 0.4) is 0 Å². The van der Waals surface area contributed by atoms with Crippen LogP contribution in [-0.4, -0.2) is 60.2 Å². The molecular weight excluding hydrogens is 444 g/mol. The van der Waals surface area contributed by atoms with Gasteiger partial charge in [0.2, 0.25) is 0 Å². The van der Waals surface area contributed by atoms with E-state index in [-0.39, 0.29) is 35.0 Å². The fourth-order valence-electron chi connectivity index (χ4n) is 4.63. The van der Waals surface area contributed by atoms with E-state index in [0.29, 0.717) is 31.2 Å². The maximum absolute atomic E-state index is 13.0. The molecule has 2 aliphatic rings. The fourth-order valence-corrected chi connectivity index (χ4v) is 5.18. The van der Waals surface area contributed by atoms with Gasteiger partial charge in [-0.25, -0.2) is 9.78 Å². The monoisotopic (exact) mass is 468 g/mol.